The number of morpholine rings is 1. The molecule has 28 heavy (non-hydrogen) atoms. The number of aliphatic hydroxyl groups excluding tert-OH is 1. The highest BCUT2D eigenvalue weighted by Gasteiger charge is 2.32. The summed E-state index contributed by atoms with van der Waals surface area (Å²) >= 11 is 0. The van der Waals surface area contributed by atoms with Crippen LogP contribution in [0.4, 0.5) is 5.69 Å². The number of nitrogens with zero attached hydrogens (tertiary/aromatic N) is 2. The highest BCUT2D eigenvalue weighted by Crippen LogP contribution is 2.18. The molecule has 146 valence electrons. The summed E-state index contributed by atoms with van der Waals surface area (Å²) in [6.45, 7) is 3.90. The number of benzene rings is 1. The molecule has 7 nitrogen and oxygen atoms in total. The number of carbonyl (C=O) groups is 2. The van der Waals surface area contributed by atoms with E-state index in [0.29, 0.717) is 43.9 Å². The molecule has 2 N–H and O–H groups in total. The summed E-state index contributed by atoms with van der Waals surface area (Å²) in [6.07, 6.45) is 2.24. The maximum atomic E-state index is 12.4. The third-order valence-electron chi connectivity index (χ3n) is 4.90. The topological polar surface area (TPSA) is 103 Å². The zero-order valence-corrected chi connectivity index (χ0v) is 15.7. The molecule has 0 unspecified atom stereocenters. The van der Waals surface area contributed by atoms with E-state index in [4.69, 9.17) is 10.00 Å². The normalized spacial score (nSPS) is 21.3. The Morgan fingerprint density at radius 2 is 2.14 bits per heavy atom. The van der Waals surface area contributed by atoms with Crippen molar-refractivity contribution in [1.29, 1.82) is 5.26 Å². The van der Waals surface area contributed by atoms with Gasteiger partial charge in [-0.25, -0.2) is 0 Å². The molecule has 2 atom stereocenters. The first-order valence-electron chi connectivity index (χ1n) is 9.19. The van der Waals surface area contributed by atoms with Crippen LogP contribution >= 0.6 is 0 Å². The molecule has 1 aromatic rings. The molecule has 0 saturated carbocycles. The van der Waals surface area contributed by atoms with Crippen molar-refractivity contribution in [2.45, 2.75) is 25.6 Å². The fourth-order valence-electron chi connectivity index (χ4n) is 3.22. The van der Waals surface area contributed by atoms with Gasteiger partial charge < -0.3 is 15.2 Å². The third kappa shape index (κ3) is 4.93. The van der Waals surface area contributed by atoms with Crippen molar-refractivity contribution in [2.75, 3.05) is 31.6 Å². The van der Waals surface area contributed by atoms with E-state index < -0.39 is 18.1 Å². The molecule has 0 radical (unpaired) electrons. The summed E-state index contributed by atoms with van der Waals surface area (Å²) in [4.78, 5) is 26.3. The van der Waals surface area contributed by atoms with Gasteiger partial charge in [0.1, 0.15) is 6.10 Å². The number of anilines is 1. The molecular weight excluding hydrogens is 358 g/mol. The van der Waals surface area contributed by atoms with Crippen molar-refractivity contribution >= 4 is 17.4 Å². The number of rotatable bonds is 5. The van der Waals surface area contributed by atoms with Crippen LogP contribution in [0.5, 0.6) is 0 Å². The number of hydrogen-bond donors (Lipinski definition) is 2. The zero-order chi connectivity index (χ0) is 20.1. The number of Topliss-reactive ketones (excluding diaryl/α,β-unsaturated/α-hetero) is 1. The number of nitrogens with one attached hydrogen (secondary N) is 1. The molecule has 1 aliphatic heterocycles. The second kappa shape index (κ2) is 8.93. The number of aliphatic hydroxyl groups is 1. The molecule has 7 heteroatoms. The lowest BCUT2D eigenvalue weighted by molar-refractivity contribution is -0.138. The van der Waals surface area contributed by atoms with Crippen molar-refractivity contribution in [1.82, 2.24) is 4.90 Å². The minimum Gasteiger partial charge on any atom is -0.380 e. The van der Waals surface area contributed by atoms with Crippen LogP contribution in [0.25, 0.3) is 0 Å². The summed E-state index contributed by atoms with van der Waals surface area (Å²) in [7, 11) is 0. The number of carbonyl (C=O) groups excluding carboxylic acids is 2. The Kier molecular flexibility index (Phi) is 6.37. The summed E-state index contributed by atoms with van der Waals surface area (Å²) in [6, 6.07) is 8.42. The van der Waals surface area contributed by atoms with E-state index in [1.165, 1.54) is 0 Å². The second-order valence-electron chi connectivity index (χ2n) is 7.04. The van der Waals surface area contributed by atoms with E-state index in [1.807, 2.05) is 25.1 Å². The molecule has 1 aromatic carbocycles. The van der Waals surface area contributed by atoms with E-state index in [-0.39, 0.29) is 5.78 Å². The van der Waals surface area contributed by atoms with Crippen LogP contribution in [0.1, 0.15) is 18.9 Å². The smallest absolute Gasteiger partial charge is 0.255 e. The standard InChI is InChI=1S/C21H23N3O4/c1-14-2-3-16(10-18(14)25)12-24-8-9-28-19(13-24)20(26)21(27)23-17-6-4-15(11-22)5-7-17/h2-7,19-20,26H,8-10,12-13H2,1H3,(H,23,27)/t19-,20-/m1/s1. The first-order valence-corrected chi connectivity index (χ1v) is 9.19. The molecule has 0 bridgehead atoms. The van der Waals surface area contributed by atoms with Gasteiger partial charge >= 0.3 is 0 Å². The van der Waals surface area contributed by atoms with Gasteiger partial charge in [-0.2, -0.15) is 5.26 Å². The van der Waals surface area contributed by atoms with Crippen LogP contribution in [-0.2, 0) is 14.3 Å². The average molecular weight is 381 g/mol. The van der Waals surface area contributed by atoms with E-state index in [2.05, 4.69) is 10.2 Å². The van der Waals surface area contributed by atoms with Crippen molar-refractivity contribution in [3.8, 4) is 6.07 Å². The predicted molar refractivity (Wildman–Crippen MR) is 103 cm³/mol. The SMILES string of the molecule is CC1=CC=C(CN2CCO[C@@H]([C@@H](O)C(=O)Nc3ccc(C#N)cc3)C2)CC1=O. The van der Waals surface area contributed by atoms with E-state index in [0.717, 1.165) is 11.1 Å². The fraction of sp³-hybridized carbons (Fsp3) is 0.381. The van der Waals surface area contributed by atoms with Crippen LogP contribution in [0.3, 0.4) is 0 Å². The molecule has 1 aliphatic carbocycles. The minimum absolute atomic E-state index is 0.129. The molecule has 0 spiro atoms. The van der Waals surface area contributed by atoms with Crippen LogP contribution < -0.4 is 5.32 Å². The maximum absolute atomic E-state index is 12.4. The number of nitriles is 1. The number of amides is 1. The van der Waals surface area contributed by atoms with Crippen molar-refractivity contribution < 1.29 is 19.4 Å². The van der Waals surface area contributed by atoms with Crippen LogP contribution in [-0.4, -0.2) is 60.1 Å². The molecular formula is C21H23N3O4. The highest BCUT2D eigenvalue weighted by atomic mass is 16.5. The number of ketones is 1. The zero-order valence-electron chi connectivity index (χ0n) is 15.7. The molecule has 1 amide bonds. The van der Waals surface area contributed by atoms with Crippen LogP contribution in [0, 0.1) is 11.3 Å². The van der Waals surface area contributed by atoms with Gasteiger partial charge in [0, 0.05) is 31.7 Å². The lowest BCUT2D eigenvalue weighted by Gasteiger charge is -2.35. The molecule has 3 rings (SSSR count). The lowest BCUT2D eigenvalue weighted by atomic mass is 9.97. The summed E-state index contributed by atoms with van der Waals surface area (Å²) in [5, 5.41) is 21.9. The van der Waals surface area contributed by atoms with Gasteiger partial charge in [0.25, 0.3) is 5.91 Å². The van der Waals surface area contributed by atoms with Gasteiger partial charge in [-0.1, -0.05) is 12.2 Å². The Morgan fingerprint density at radius 3 is 2.82 bits per heavy atom. The summed E-state index contributed by atoms with van der Waals surface area (Å²) in [5.41, 5.74) is 2.78. The fourth-order valence-corrected chi connectivity index (χ4v) is 3.22. The Labute approximate surface area is 163 Å². The number of hydrogen-bond acceptors (Lipinski definition) is 6. The van der Waals surface area contributed by atoms with Gasteiger partial charge in [-0.15, -0.1) is 0 Å². The highest BCUT2D eigenvalue weighted by molar-refractivity contribution is 5.97. The molecule has 1 fully saturated rings. The minimum atomic E-state index is -1.32. The van der Waals surface area contributed by atoms with E-state index >= 15 is 0 Å². The first-order chi connectivity index (χ1) is 13.5. The molecule has 2 aliphatic rings. The van der Waals surface area contributed by atoms with Crippen molar-refractivity contribution in [3.05, 3.63) is 53.1 Å². The largest absolute Gasteiger partial charge is 0.380 e. The third-order valence-corrected chi connectivity index (χ3v) is 4.90. The Morgan fingerprint density at radius 1 is 1.39 bits per heavy atom. The average Bonchev–Trinajstić information content (AvgIpc) is 2.71. The van der Waals surface area contributed by atoms with E-state index in [9.17, 15) is 14.7 Å². The van der Waals surface area contributed by atoms with Gasteiger partial charge in [-0.3, -0.25) is 14.5 Å². The van der Waals surface area contributed by atoms with Crippen LogP contribution in [0.2, 0.25) is 0 Å². The monoisotopic (exact) mass is 381 g/mol. The quantitative estimate of drug-likeness (QED) is 0.799. The lowest BCUT2D eigenvalue weighted by Crippen LogP contribution is -2.51. The van der Waals surface area contributed by atoms with E-state index in [1.54, 1.807) is 24.3 Å². The van der Waals surface area contributed by atoms with Gasteiger partial charge in [0.15, 0.2) is 11.9 Å². The van der Waals surface area contributed by atoms with Crippen LogP contribution in [0.15, 0.2) is 47.6 Å². The molecule has 1 heterocycles. The predicted octanol–water partition coefficient (Wildman–Crippen LogP) is 1.40. The Hall–Kier alpha value is -2.79. The Bertz CT molecular complexity index is 851. The van der Waals surface area contributed by atoms with Crippen molar-refractivity contribution in [2.24, 2.45) is 0 Å². The maximum Gasteiger partial charge on any atom is 0.255 e. The summed E-state index contributed by atoms with van der Waals surface area (Å²) in [5.74, 6) is -0.425. The van der Waals surface area contributed by atoms with Gasteiger partial charge in [0.05, 0.1) is 18.2 Å². The molecule has 0 aromatic heterocycles. The van der Waals surface area contributed by atoms with Crippen molar-refractivity contribution in [3.63, 3.8) is 0 Å². The second-order valence-corrected chi connectivity index (χ2v) is 7.04. The Balaban J connectivity index is 1.56. The number of ether oxygens (including phenoxy) is 1. The van der Waals surface area contributed by atoms with Gasteiger partial charge in [0.2, 0.25) is 0 Å². The van der Waals surface area contributed by atoms with Gasteiger partial charge in [-0.05, 0) is 42.3 Å². The summed E-state index contributed by atoms with van der Waals surface area (Å²) < 4.78 is 5.60. The number of allylic oxidation sites excluding steroid dienone is 3. The molecule has 1 saturated heterocycles. The first kappa shape index (κ1) is 20.0.